The molecule has 1 aromatic carbocycles. The van der Waals surface area contributed by atoms with E-state index in [1.807, 2.05) is 0 Å². The van der Waals surface area contributed by atoms with Gasteiger partial charge in [0.25, 0.3) is 0 Å². The largest absolute Gasteiger partial charge is 0.305 e. The second-order valence-corrected chi connectivity index (χ2v) is 7.96. The number of fused-ring (bicyclic) bond motifs is 1. The Morgan fingerprint density at radius 2 is 2.05 bits per heavy atom. The van der Waals surface area contributed by atoms with E-state index in [4.69, 9.17) is 4.98 Å². The highest BCUT2D eigenvalue weighted by Crippen LogP contribution is 2.44. The van der Waals surface area contributed by atoms with Crippen LogP contribution in [0.3, 0.4) is 0 Å². The molecule has 1 aliphatic carbocycles. The van der Waals surface area contributed by atoms with Crippen molar-refractivity contribution >= 4 is 11.3 Å². The minimum absolute atomic E-state index is 0.102. The smallest absolute Gasteiger partial charge is 0.118 e. The van der Waals surface area contributed by atoms with Gasteiger partial charge in [0.2, 0.25) is 0 Å². The molecule has 0 fully saturated rings. The van der Waals surface area contributed by atoms with Crippen LogP contribution in [0, 0.1) is 6.92 Å². The average molecular weight is 300 g/mol. The summed E-state index contributed by atoms with van der Waals surface area (Å²) in [5, 5.41) is 7.02. The zero-order chi connectivity index (χ0) is 15.3. The third-order valence-electron chi connectivity index (χ3n) is 4.56. The van der Waals surface area contributed by atoms with Crippen LogP contribution in [0.25, 0.3) is 0 Å². The first-order valence-electron chi connectivity index (χ1n) is 7.62. The summed E-state index contributed by atoms with van der Waals surface area (Å²) >= 11 is 1.79. The fourth-order valence-corrected chi connectivity index (χ4v) is 4.46. The molecule has 112 valence electrons. The molecule has 0 aliphatic heterocycles. The van der Waals surface area contributed by atoms with E-state index >= 15 is 0 Å². The molecule has 0 amide bonds. The molecule has 2 nitrogen and oxygen atoms in total. The molecule has 3 rings (SSSR count). The maximum absolute atomic E-state index is 4.99. The van der Waals surface area contributed by atoms with Gasteiger partial charge in [0.15, 0.2) is 0 Å². The number of nitrogens with zero attached hydrogens (tertiary/aromatic N) is 1. The highest BCUT2D eigenvalue weighted by Gasteiger charge is 2.41. The standard InChI is InChI=1S/C18H24N2S/c1-12-6-7-13-8-9-18(19-5,14(13)10-12)16-20-15(11-21-16)17(2,3)4/h6-7,10-11,19H,8-9H2,1-5H3. The van der Waals surface area contributed by atoms with E-state index in [0.29, 0.717) is 0 Å². The Balaban J connectivity index is 2.12. The van der Waals surface area contributed by atoms with Crippen LogP contribution in [0.5, 0.6) is 0 Å². The van der Waals surface area contributed by atoms with Crippen molar-refractivity contribution in [2.45, 2.75) is 51.5 Å². The summed E-state index contributed by atoms with van der Waals surface area (Å²) in [4.78, 5) is 4.99. The Morgan fingerprint density at radius 1 is 1.29 bits per heavy atom. The molecule has 0 saturated carbocycles. The minimum Gasteiger partial charge on any atom is -0.305 e. The van der Waals surface area contributed by atoms with E-state index < -0.39 is 0 Å². The number of hydrogen-bond donors (Lipinski definition) is 1. The van der Waals surface area contributed by atoms with Crippen LogP contribution in [0.1, 0.15) is 54.6 Å². The highest BCUT2D eigenvalue weighted by atomic mass is 32.1. The first-order chi connectivity index (χ1) is 9.87. The topological polar surface area (TPSA) is 24.9 Å². The number of benzene rings is 1. The summed E-state index contributed by atoms with van der Waals surface area (Å²) in [5.41, 5.74) is 5.40. The Labute approximate surface area is 131 Å². The van der Waals surface area contributed by atoms with Gasteiger partial charge in [0, 0.05) is 10.8 Å². The summed E-state index contributed by atoms with van der Waals surface area (Å²) in [7, 11) is 2.07. The van der Waals surface area contributed by atoms with Crippen molar-refractivity contribution in [2.24, 2.45) is 0 Å². The van der Waals surface area contributed by atoms with Gasteiger partial charge >= 0.3 is 0 Å². The van der Waals surface area contributed by atoms with Crippen molar-refractivity contribution in [2.75, 3.05) is 7.05 Å². The lowest BCUT2D eigenvalue weighted by Gasteiger charge is -2.28. The molecule has 1 unspecified atom stereocenters. The predicted octanol–water partition coefficient (Wildman–Crippen LogP) is 4.16. The van der Waals surface area contributed by atoms with Gasteiger partial charge in [-0.2, -0.15) is 0 Å². The van der Waals surface area contributed by atoms with Gasteiger partial charge in [-0.3, -0.25) is 0 Å². The zero-order valence-corrected chi connectivity index (χ0v) is 14.4. The normalized spacial score (nSPS) is 21.6. The molecule has 0 bridgehead atoms. The molecule has 3 heteroatoms. The van der Waals surface area contributed by atoms with Gasteiger partial charge in [-0.15, -0.1) is 11.3 Å². The Hall–Kier alpha value is -1.19. The van der Waals surface area contributed by atoms with Gasteiger partial charge in [-0.1, -0.05) is 44.5 Å². The number of aryl methyl sites for hydroxylation is 2. The van der Waals surface area contributed by atoms with Gasteiger partial charge in [-0.25, -0.2) is 4.98 Å². The Bertz CT molecular complexity index is 666. The lowest BCUT2D eigenvalue weighted by molar-refractivity contribution is 0.430. The molecule has 1 atom stereocenters. The number of nitrogens with one attached hydrogen (secondary N) is 1. The van der Waals surface area contributed by atoms with Crippen molar-refractivity contribution in [3.05, 3.63) is 51.0 Å². The maximum Gasteiger partial charge on any atom is 0.118 e. The van der Waals surface area contributed by atoms with Gasteiger partial charge in [0.05, 0.1) is 11.2 Å². The third kappa shape index (κ3) is 2.33. The van der Waals surface area contributed by atoms with E-state index in [1.165, 1.54) is 27.4 Å². The van der Waals surface area contributed by atoms with Crippen LogP contribution < -0.4 is 5.32 Å². The Morgan fingerprint density at radius 3 is 2.67 bits per heavy atom. The van der Waals surface area contributed by atoms with Crippen LogP contribution in [0.2, 0.25) is 0 Å². The van der Waals surface area contributed by atoms with Crippen LogP contribution in [0.4, 0.5) is 0 Å². The summed E-state index contributed by atoms with van der Waals surface area (Å²) in [6.07, 6.45) is 2.22. The van der Waals surface area contributed by atoms with Crippen LogP contribution in [0.15, 0.2) is 23.6 Å². The molecule has 0 radical (unpaired) electrons. The van der Waals surface area contributed by atoms with Gasteiger partial charge < -0.3 is 5.32 Å². The van der Waals surface area contributed by atoms with Crippen LogP contribution in [-0.2, 0) is 17.4 Å². The van der Waals surface area contributed by atoms with E-state index in [2.05, 4.69) is 63.6 Å². The van der Waals surface area contributed by atoms with E-state index in [1.54, 1.807) is 11.3 Å². The molecule has 2 aromatic rings. The third-order valence-corrected chi connectivity index (χ3v) is 5.56. The molecule has 0 saturated heterocycles. The minimum atomic E-state index is -0.102. The summed E-state index contributed by atoms with van der Waals surface area (Å²) in [6.45, 7) is 8.85. The molecule has 1 aromatic heterocycles. The van der Waals surface area contributed by atoms with Crippen molar-refractivity contribution < 1.29 is 0 Å². The molecule has 1 aliphatic rings. The number of thiazole rings is 1. The zero-order valence-electron chi connectivity index (χ0n) is 13.6. The van der Waals surface area contributed by atoms with Crippen LogP contribution in [-0.4, -0.2) is 12.0 Å². The first kappa shape index (κ1) is 14.7. The fourth-order valence-electron chi connectivity index (χ4n) is 3.17. The number of aromatic nitrogens is 1. The maximum atomic E-state index is 4.99. The SMILES string of the molecule is CNC1(c2nc(C(C)(C)C)cs2)CCc2ccc(C)cc21. The van der Waals surface area contributed by atoms with E-state index in [-0.39, 0.29) is 11.0 Å². The lowest BCUT2D eigenvalue weighted by Crippen LogP contribution is -2.39. The summed E-state index contributed by atoms with van der Waals surface area (Å²) in [5.74, 6) is 0. The van der Waals surface area contributed by atoms with Crippen molar-refractivity contribution in [3.63, 3.8) is 0 Å². The highest BCUT2D eigenvalue weighted by molar-refractivity contribution is 7.09. The molecule has 1 heterocycles. The quantitative estimate of drug-likeness (QED) is 0.901. The van der Waals surface area contributed by atoms with Crippen LogP contribution >= 0.6 is 11.3 Å². The predicted molar refractivity (Wildman–Crippen MR) is 90.2 cm³/mol. The molecule has 1 N–H and O–H groups in total. The summed E-state index contributed by atoms with van der Waals surface area (Å²) in [6, 6.07) is 6.83. The second kappa shape index (κ2) is 4.92. The van der Waals surface area contributed by atoms with Gasteiger partial charge in [-0.05, 0) is 37.9 Å². The number of rotatable bonds is 2. The monoisotopic (exact) mass is 300 g/mol. The molecular formula is C18H24N2S. The van der Waals surface area contributed by atoms with E-state index in [9.17, 15) is 0 Å². The first-order valence-corrected chi connectivity index (χ1v) is 8.50. The Kier molecular flexibility index (Phi) is 3.45. The van der Waals surface area contributed by atoms with Crippen molar-refractivity contribution in [3.8, 4) is 0 Å². The van der Waals surface area contributed by atoms with E-state index in [0.717, 1.165) is 12.8 Å². The lowest BCUT2D eigenvalue weighted by atomic mass is 9.90. The number of hydrogen-bond acceptors (Lipinski definition) is 3. The molecule has 0 spiro atoms. The second-order valence-electron chi connectivity index (χ2n) is 7.10. The summed E-state index contributed by atoms with van der Waals surface area (Å²) < 4.78 is 0. The van der Waals surface area contributed by atoms with Gasteiger partial charge in [0.1, 0.15) is 5.01 Å². The average Bonchev–Trinajstić information content (AvgIpc) is 3.02. The molecule has 21 heavy (non-hydrogen) atoms. The molecular weight excluding hydrogens is 276 g/mol. The fraction of sp³-hybridized carbons (Fsp3) is 0.500. The van der Waals surface area contributed by atoms with Crippen molar-refractivity contribution in [1.29, 1.82) is 0 Å². The van der Waals surface area contributed by atoms with Crippen molar-refractivity contribution in [1.82, 2.24) is 10.3 Å².